The average molecular weight is 479 g/mol. The summed E-state index contributed by atoms with van der Waals surface area (Å²) in [5.74, 6) is 1.27. The van der Waals surface area contributed by atoms with Crippen molar-refractivity contribution >= 4 is 13.1 Å². The molecule has 0 saturated heterocycles. The van der Waals surface area contributed by atoms with Crippen molar-refractivity contribution in [1.82, 2.24) is 5.32 Å². The first-order chi connectivity index (χ1) is 16.3. The molecular weight excluding hydrogens is 446 g/mol. The molecule has 2 aliphatic heterocycles. The third-order valence-corrected chi connectivity index (χ3v) is 9.67. The molecule has 6 unspecified atom stereocenters. The highest BCUT2D eigenvalue weighted by atomic mass is 19.4. The van der Waals surface area contributed by atoms with E-state index in [9.17, 15) is 21.8 Å². The predicted octanol–water partition coefficient (Wildman–Crippen LogP) is 6.79. The van der Waals surface area contributed by atoms with E-state index in [0.29, 0.717) is 35.5 Å². The van der Waals surface area contributed by atoms with Gasteiger partial charge in [0.15, 0.2) is 5.71 Å². The molecule has 8 heteroatoms. The van der Waals surface area contributed by atoms with E-state index in [1.807, 2.05) is 0 Å². The number of fused-ring (bicyclic) bond motifs is 6. The van der Waals surface area contributed by atoms with Gasteiger partial charge in [-0.2, -0.15) is 13.2 Å². The third kappa shape index (κ3) is 3.69. The number of nitrogens with zero attached hydrogens (tertiary/aromatic N) is 1. The fraction of sp³-hybridized carbons (Fsp3) is 0.731. The number of rotatable bonds is 2. The third-order valence-electron chi connectivity index (χ3n) is 9.67. The van der Waals surface area contributed by atoms with Gasteiger partial charge in [0.1, 0.15) is 5.57 Å². The van der Waals surface area contributed by atoms with E-state index in [0.717, 1.165) is 68.7 Å². The smallest absolute Gasteiger partial charge is 0.381 e. The molecule has 0 aromatic rings. The first-order valence-electron chi connectivity index (χ1n) is 13.3. The van der Waals surface area contributed by atoms with Gasteiger partial charge in [-0.05, 0) is 68.6 Å². The van der Waals surface area contributed by atoms with Crippen LogP contribution in [0.4, 0.5) is 21.8 Å². The maximum Gasteiger partial charge on any atom is 0.934 e. The molecule has 6 aliphatic rings. The average Bonchev–Trinajstić information content (AvgIpc) is 3.40. The second-order valence-electron chi connectivity index (χ2n) is 11.4. The summed E-state index contributed by atoms with van der Waals surface area (Å²) >= 11 is 0. The zero-order valence-corrected chi connectivity index (χ0v) is 19.5. The van der Waals surface area contributed by atoms with Crippen molar-refractivity contribution in [2.75, 3.05) is 0 Å². The summed E-state index contributed by atoms with van der Waals surface area (Å²) in [7, 11) is -2.98. The molecule has 0 amide bonds. The second kappa shape index (κ2) is 8.51. The molecular formula is C26H33BF5N2+. The van der Waals surface area contributed by atoms with Crippen molar-refractivity contribution in [3.8, 4) is 0 Å². The summed E-state index contributed by atoms with van der Waals surface area (Å²) in [6.07, 6.45) is 10.2. The van der Waals surface area contributed by atoms with Gasteiger partial charge in [0.25, 0.3) is 0 Å². The fourth-order valence-electron chi connectivity index (χ4n) is 8.27. The molecule has 0 spiro atoms. The summed E-state index contributed by atoms with van der Waals surface area (Å²) in [5, 5.41) is 3.25. The Bertz CT molecular complexity index is 978. The van der Waals surface area contributed by atoms with Crippen LogP contribution in [0.15, 0.2) is 34.7 Å². The fourth-order valence-corrected chi connectivity index (χ4v) is 8.27. The van der Waals surface area contributed by atoms with Gasteiger partial charge in [0.05, 0.1) is 0 Å². The van der Waals surface area contributed by atoms with E-state index >= 15 is 0 Å². The van der Waals surface area contributed by atoms with Crippen molar-refractivity contribution in [3.63, 3.8) is 0 Å². The Morgan fingerprint density at radius 2 is 1.65 bits per heavy atom. The van der Waals surface area contributed by atoms with Crippen LogP contribution >= 0.6 is 0 Å². The molecule has 184 valence electrons. The molecule has 0 aromatic heterocycles. The van der Waals surface area contributed by atoms with Crippen LogP contribution < -0.4 is 5.32 Å². The van der Waals surface area contributed by atoms with Crippen LogP contribution in [0.1, 0.15) is 77.0 Å². The Balaban J connectivity index is 1.43. The summed E-state index contributed by atoms with van der Waals surface area (Å²) in [5.41, 5.74) is -0.0205. The van der Waals surface area contributed by atoms with E-state index in [1.54, 1.807) is 6.08 Å². The molecule has 34 heavy (non-hydrogen) atoms. The van der Waals surface area contributed by atoms with Gasteiger partial charge in [0, 0.05) is 29.3 Å². The van der Waals surface area contributed by atoms with Crippen LogP contribution in [0.2, 0.25) is 0 Å². The van der Waals surface area contributed by atoms with Crippen LogP contribution in [-0.2, 0) is 0 Å². The van der Waals surface area contributed by atoms with Crippen molar-refractivity contribution in [1.29, 1.82) is 0 Å². The summed E-state index contributed by atoms with van der Waals surface area (Å²) in [6.45, 7) is 0. The number of allylic oxidation sites excluding steroid dienone is 3. The van der Waals surface area contributed by atoms with E-state index in [1.165, 1.54) is 12.5 Å². The lowest BCUT2D eigenvalue weighted by molar-refractivity contribution is -0.350. The summed E-state index contributed by atoms with van der Waals surface area (Å²) in [6, 6.07) is -0.00119. The van der Waals surface area contributed by atoms with Gasteiger partial charge >= 0.3 is 13.6 Å². The van der Waals surface area contributed by atoms with Crippen molar-refractivity contribution in [2.45, 2.75) is 89.3 Å². The predicted molar refractivity (Wildman–Crippen MR) is 122 cm³/mol. The molecule has 6 rings (SSSR count). The zero-order chi connectivity index (χ0) is 23.6. The standard InChI is InChI=1S/C26H33BF5N2/c28-26(29,30)23(21-13-17-11-9-15-5-1-3-7-19(15)24(17)33-21)22-14-18-12-10-16-6-2-4-8-20(16)25(18)34(22)27(31)32/h13-17,19-20,24,33H,1-12H2/q+1/b23-22+. The molecule has 4 saturated carbocycles. The molecule has 6 atom stereocenters. The first-order valence-corrected chi connectivity index (χ1v) is 13.3. The lowest BCUT2D eigenvalue weighted by Crippen LogP contribution is -2.45. The van der Waals surface area contributed by atoms with Crippen molar-refractivity contribution < 1.29 is 26.3 Å². The molecule has 4 fully saturated rings. The van der Waals surface area contributed by atoms with Gasteiger partial charge in [-0.25, -0.2) is 13.1 Å². The monoisotopic (exact) mass is 479 g/mol. The number of nitrogens with one attached hydrogen (secondary N) is 1. The first kappa shape index (κ1) is 22.8. The van der Waals surface area contributed by atoms with E-state index in [-0.39, 0.29) is 29.3 Å². The molecule has 1 N–H and O–H groups in total. The lowest BCUT2D eigenvalue weighted by Gasteiger charge is -2.43. The lowest BCUT2D eigenvalue weighted by atomic mass is 9.65. The topological polar surface area (TPSA) is 15.0 Å². The molecule has 4 aliphatic carbocycles. The molecule has 0 radical (unpaired) electrons. The van der Waals surface area contributed by atoms with Crippen LogP contribution in [0, 0.1) is 29.6 Å². The zero-order valence-electron chi connectivity index (χ0n) is 19.5. The van der Waals surface area contributed by atoms with Crippen molar-refractivity contribution in [3.05, 3.63) is 34.7 Å². The van der Waals surface area contributed by atoms with Crippen molar-refractivity contribution in [2.24, 2.45) is 29.6 Å². The van der Waals surface area contributed by atoms with Gasteiger partial charge in [0.2, 0.25) is 5.70 Å². The molecule has 0 aromatic carbocycles. The quantitative estimate of drug-likeness (QED) is 0.340. The van der Waals surface area contributed by atoms with Crippen LogP contribution in [0.3, 0.4) is 0 Å². The minimum absolute atomic E-state index is 0.00119. The van der Waals surface area contributed by atoms with Crippen LogP contribution in [0.5, 0.6) is 0 Å². The van der Waals surface area contributed by atoms with Gasteiger partial charge < -0.3 is 5.32 Å². The number of alkyl halides is 3. The van der Waals surface area contributed by atoms with Gasteiger partial charge in [-0.3, -0.25) is 0 Å². The largest absolute Gasteiger partial charge is 0.934 e. The minimum Gasteiger partial charge on any atom is -0.381 e. The maximum absolute atomic E-state index is 14.6. The summed E-state index contributed by atoms with van der Waals surface area (Å²) < 4.78 is 73.7. The SMILES string of the molecule is FB(F)[N+]1=C2C(=C/C1=C(/C1=CC3CCC4CCCCC4C3N1)C(F)(F)F)CCC1CCCCC21. The van der Waals surface area contributed by atoms with Crippen LogP contribution in [0.25, 0.3) is 0 Å². The normalized spacial score (nSPS) is 38.7. The minimum atomic E-state index is -4.71. The van der Waals surface area contributed by atoms with Crippen LogP contribution in [-0.4, -0.2) is 29.8 Å². The van der Waals surface area contributed by atoms with Gasteiger partial charge in [-0.1, -0.05) is 38.2 Å². The Labute approximate surface area is 198 Å². The van der Waals surface area contributed by atoms with Gasteiger partial charge in [-0.15, -0.1) is 0 Å². The second-order valence-corrected chi connectivity index (χ2v) is 11.4. The maximum atomic E-state index is 14.6. The number of hydrogen-bond acceptors (Lipinski definition) is 1. The Hall–Kier alpha value is -1.60. The highest BCUT2D eigenvalue weighted by Gasteiger charge is 2.55. The Morgan fingerprint density at radius 1 is 0.912 bits per heavy atom. The Morgan fingerprint density at radius 3 is 2.41 bits per heavy atom. The molecule has 0 bridgehead atoms. The van der Waals surface area contributed by atoms with E-state index < -0.39 is 19.2 Å². The van der Waals surface area contributed by atoms with E-state index in [2.05, 4.69) is 5.32 Å². The molecule has 2 heterocycles. The highest BCUT2D eigenvalue weighted by molar-refractivity contribution is 6.35. The van der Waals surface area contributed by atoms with E-state index in [4.69, 9.17) is 0 Å². The Kier molecular flexibility index (Phi) is 5.72. The number of halogens is 5. The summed E-state index contributed by atoms with van der Waals surface area (Å²) in [4.78, 5) is 0. The highest BCUT2D eigenvalue weighted by Crippen LogP contribution is 2.49. The number of hydrogen-bond donors (Lipinski definition) is 1. The molecule has 2 nitrogen and oxygen atoms in total.